The third-order valence-electron chi connectivity index (χ3n) is 2.50. The van der Waals surface area contributed by atoms with Gasteiger partial charge in [0.25, 0.3) is 0 Å². The van der Waals surface area contributed by atoms with Crippen molar-refractivity contribution < 1.29 is 4.79 Å². The lowest BCUT2D eigenvalue weighted by Gasteiger charge is -2.17. The van der Waals surface area contributed by atoms with Gasteiger partial charge < -0.3 is 4.90 Å². The summed E-state index contributed by atoms with van der Waals surface area (Å²) in [6, 6.07) is 8.01. The quantitative estimate of drug-likeness (QED) is 0.775. The summed E-state index contributed by atoms with van der Waals surface area (Å²) < 4.78 is 1.04. The molecule has 92 valence electrons. The molecule has 0 atom stereocenters. The van der Waals surface area contributed by atoms with E-state index in [1.165, 1.54) is 0 Å². The summed E-state index contributed by atoms with van der Waals surface area (Å²) >= 11 is 3.43. The molecule has 17 heavy (non-hydrogen) atoms. The zero-order valence-corrected chi connectivity index (χ0v) is 12.1. The van der Waals surface area contributed by atoms with Crippen LogP contribution < -0.4 is 0 Å². The number of nitrogens with zero attached hydrogens (tertiary/aromatic N) is 1. The molecule has 0 spiro atoms. The number of carbonyl (C=O) groups is 1. The first-order valence-electron chi connectivity index (χ1n) is 5.71. The van der Waals surface area contributed by atoms with Gasteiger partial charge in [0.2, 0.25) is 5.91 Å². The van der Waals surface area contributed by atoms with E-state index in [2.05, 4.69) is 15.9 Å². The molecule has 0 bridgehead atoms. The molecule has 0 N–H and O–H groups in total. The van der Waals surface area contributed by atoms with Gasteiger partial charge in [-0.2, -0.15) is 0 Å². The van der Waals surface area contributed by atoms with Crippen LogP contribution in [0.4, 0.5) is 0 Å². The van der Waals surface area contributed by atoms with E-state index in [0.29, 0.717) is 6.54 Å². The highest BCUT2D eigenvalue weighted by Gasteiger charge is 2.10. The third-order valence-corrected chi connectivity index (χ3v) is 3.00. The Morgan fingerprint density at radius 3 is 2.76 bits per heavy atom. The summed E-state index contributed by atoms with van der Waals surface area (Å²) in [6.07, 6.45) is 2.85. The number of hydrogen-bond acceptors (Lipinski definition) is 1. The van der Waals surface area contributed by atoms with Crippen molar-refractivity contribution in [1.82, 2.24) is 4.90 Å². The molecular formula is C14H18BrNO. The lowest BCUT2D eigenvalue weighted by molar-refractivity contribution is -0.126. The van der Waals surface area contributed by atoms with E-state index < -0.39 is 0 Å². The summed E-state index contributed by atoms with van der Waals surface area (Å²) in [7, 11) is 1.83. The molecule has 3 heteroatoms. The predicted octanol–water partition coefficient (Wildman–Crippen LogP) is 3.76. The summed E-state index contributed by atoms with van der Waals surface area (Å²) in [5, 5.41) is 0. The summed E-state index contributed by atoms with van der Waals surface area (Å²) in [5.74, 6) is 0.0897. The van der Waals surface area contributed by atoms with E-state index in [0.717, 1.165) is 22.0 Å². The first-order valence-corrected chi connectivity index (χ1v) is 6.50. The van der Waals surface area contributed by atoms with Gasteiger partial charge in [0.05, 0.1) is 0 Å². The van der Waals surface area contributed by atoms with Crippen LogP contribution in [0.15, 0.2) is 40.4 Å². The van der Waals surface area contributed by atoms with Crippen LogP contribution in [-0.2, 0) is 11.3 Å². The van der Waals surface area contributed by atoms with Gasteiger partial charge in [-0.05, 0) is 31.0 Å². The first kappa shape index (κ1) is 14.0. The highest BCUT2D eigenvalue weighted by Crippen LogP contribution is 2.13. The molecule has 0 saturated carbocycles. The van der Waals surface area contributed by atoms with Crippen molar-refractivity contribution in [2.75, 3.05) is 7.05 Å². The molecule has 0 aliphatic rings. The zero-order valence-electron chi connectivity index (χ0n) is 10.5. The van der Waals surface area contributed by atoms with Gasteiger partial charge in [-0.25, -0.2) is 0 Å². The Morgan fingerprint density at radius 1 is 1.47 bits per heavy atom. The highest BCUT2D eigenvalue weighted by atomic mass is 79.9. The summed E-state index contributed by atoms with van der Waals surface area (Å²) in [4.78, 5) is 13.7. The second-order valence-corrected chi connectivity index (χ2v) is 5.00. The molecule has 0 radical (unpaired) electrons. The van der Waals surface area contributed by atoms with Crippen molar-refractivity contribution in [2.45, 2.75) is 26.8 Å². The average Bonchev–Trinajstić information content (AvgIpc) is 2.28. The maximum Gasteiger partial charge on any atom is 0.249 e. The number of allylic oxidation sites excluding steroid dienone is 1. The third kappa shape index (κ3) is 4.35. The minimum absolute atomic E-state index is 0.0897. The normalized spacial score (nSPS) is 11.4. The maximum absolute atomic E-state index is 12.0. The predicted molar refractivity (Wildman–Crippen MR) is 74.7 cm³/mol. The largest absolute Gasteiger partial charge is 0.338 e. The summed E-state index contributed by atoms with van der Waals surface area (Å²) in [5.41, 5.74) is 1.93. The number of amides is 1. The van der Waals surface area contributed by atoms with Crippen molar-refractivity contribution in [3.05, 3.63) is 46.0 Å². The van der Waals surface area contributed by atoms with Gasteiger partial charge in [-0.3, -0.25) is 4.79 Å². The molecule has 0 aliphatic heterocycles. The Balaban J connectivity index is 2.69. The number of likely N-dealkylation sites (N-methyl/N-ethyl adjacent to an activating group) is 1. The smallest absolute Gasteiger partial charge is 0.249 e. The first-order chi connectivity index (χ1) is 8.04. The molecule has 0 heterocycles. The molecule has 1 aromatic rings. The van der Waals surface area contributed by atoms with E-state index in [1.54, 1.807) is 4.90 Å². The summed E-state index contributed by atoms with van der Waals surface area (Å²) in [6.45, 7) is 4.53. The molecule has 1 rings (SSSR count). The van der Waals surface area contributed by atoms with Crippen LogP contribution in [0.3, 0.4) is 0 Å². The monoisotopic (exact) mass is 295 g/mol. The highest BCUT2D eigenvalue weighted by molar-refractivity contribution is 9.10. The lowest BCUT2D eigenvalue weighted by Crippen LogP contribution is -2.26. The molecule has 0 unspecified atom stereocenters. The minimum atomic E-state index is 0.0897. The average molecular weight is 296 g/mol. The van der Waals surface area contributed by atoms with E-state index in [4.69, 9.17) is 0 Å². The fourth-order valence-electron chi connectivity index (χ4n) is 1.68. The molecule has 0 aromatic heterocycles. The van der Waals surface area contributed by atoms with Crippen molar-refractivity contribution in [2.24, 2.45) is 0 Å². The molecule has 0 saturated heterocycles. The van der Waals surface area contributed by atoms with Crippen molar-refractivity contribution in [3.63, 3.8) is 0 Å². The Labute approximate surface area is 111 Å². The fourth-order valence-corrected chi connectivity index (χ4v) is 2.12. The van der Waals surface area contributed by atoms with E-state index in [1.807, 2.05) is 51.2 Å². The topological polar surface area (TPSA) is 20.3 Å². The number of halogens is 1. The molecule has 1 aromatic carbocycles. The lowest BCUT2D eigenvalue weighted by atomic mass is 10.2. The van der Waals surface area contributed by atoms with Gasteiger partial charge in [0, 0.05) is 23.6 Å². The van der Waals surface area contributed by atoms with Crippen LogP contribution in [0.2, 0.25) is 0 Å². The van der Waals surface area contributed by atoms with Crippen molar-refractivity contribution >= 4 is 21.8 Å². The Bertz CT molecular complexity index is 426. The van der Waals surface area contributed by atoms with E-state index in [-0.39, 0.29) is 5.91 Å². The second-order valence-electron chi connectivity index (χ2n) is 4.09. The number of carbonyl (C=O) groups excluding carboxylic acids is 1. The van der Waals surface area contributed by atoms with Crippen LogP contribution in [0.1, 0.15) is 25.8 Å². The minimum Gasteiger partial charge on any atom is -0.338 e. The van der Waals surface area contributed by atoms with Crippen LogP contribution in [0.25, 0.3) is 0 Å². The number of rotatable bonds is 4. The zero-order chi connectivity index (χ0) is 12.8. The standard InChI is InChI=1S/C14H18BrNO/c1-4-6-11(2)14(17)16(3)10-12-7-5-8-13(15)9-12/h5-9H,4,10H2,1-3H3/b11-6-. The fraction of sp³-hybridized carbons (Fsp3) is 0.357. The van der Waals surface area contributed by atoms with Crippen LogP contribution in [0, 0.1) is 0 Å². The van der Waals surface area contributed by atoms with Crippen molar-refractivity contribution in [1.29, 1.82) is 0 Å². The number of benzene rings is 1. The number of hydrogen-bond donors (Lipinski definition) is 0. The van der Waals surface area contributed by atoms with Gasteiger partial charge in [0.15, 0.2) is 0 Å². The molecule has 2 nitrogen and oxygen atoms in total. The van der Waals surface area contributed by atoms with Gasteiger partial charge in [-0.15, -0.1) is 0 Å². The second kappa shape index (κ2) is 6.60. The van der Waals surface area contributed by atoms with Crippen LogP contribution in [-0.4, -0.2) is 17.9 Å². The van der Waals surface area contributed by atoms with Crippen molar-refractivity contribution in [3.8, 4) is 0 Å². The molecule has 0 aliphatic carbocycles. The molecule has 0 fully saturated rings. The van der Waals surface area contributed by atoms with Crippen LogP contribution in [0.5, 0.6) is 0 Å². The Hall–Kier alpha value is -1.09. The molecule has 1 amide bonds. The van der Waals surface area contributed by atoms with Gasteiger partial charge in [0.1, 0.15) is 0 Å². The maximum atomic E-state index is 12.0. The van der Waals surface area contributed by atoms with Crippen LogP contribution >= 0.6 is 15.9 Å². The van der Waals surface area contributed by atoms with E-state index in [9.17, 15) is 4.79 Å². The Morgan fingerprint density at radius 2 is 2.18 bits per heavy atom. The van der Waals surface area contributed by atoms with Gasteiger partial charge in [-0.1, -0.05) is 41.1 Å². The van der Waals surface area contributed by atoms with Gasteiger partial charge >= 0.3 is 0 Å². The SMILES string of the molecule is CC/C=C(/C)C(=O)N(C)Cc1cccc(Br)c1. The van der Waals surface area contributed by atoms with E-state index >= 15 is 0 Å². The Kier molecular flexibility index (Phi) is 5.42. The molecular weight excluding hydrogens is 278 g/mol.